The number of nitrogens with one attached hydrogen (secondary N) is 2. The Morgan fingerprint density at radius 1 is 1.33 bits per heavy atom. The fourth-order valence-corrected chi connectivity index (χ4v) is 2.19. The summed E-state index contributed by atoms with van der Waals surface area (Å²) >= 11 is 4.35. The molecule has 0 bridgehead atoms. The van der Waals surface area contributed by atoms with E-state index in [4.69, 9.17) is 11.1 Å². The second-order valence-electron chi connectivity index (χ2n) is 4.38. The number of rotatable bonds is 3. The number of nitrogens with two attached hydrogens (primary N) is 1. The van der Waals surface area contributed by atoms with Gasteiger partial charge in [0, 0.05) is 38.4 Å². The summed E-state index contributed by atoms with van der Waals surface area (Å²) in [6, 6.07) is 8.34. The van der Waals surface area contributed by atoms with Gasteiger partial charge in [0.05, 0.1) is 0 Å². The first-order chi connectivity index (χ1) is 8.65. The molecule has 6 heteroatoms. The molecular formula is C12H19N5S. The first-order valence-electron chi connectivity index (χ1n) is 6.01. The van der Waals surface area contributed by atoms with Crippen LogP contribution in [0.15, 0.2) is 24.3 Å². The third-order valence-electron chi connectivity index (χ3n) is 3.01. The third-order valence-corrected chi connectivity index (χ3v) is 3.41. The summed E-state index contributed by atoms with van der Waals surface area (Å²) in [5.74, 6) is 0.00379. The normalized spacial score (nSPS) is 16.6. The number of piperazine rings is 1. The molecule has 98 valence electrons. The van der Waals surface area contributed by atoms with Crippen LogP contribution in [0.5, 0.6) is 0 Å². The molecule has 2 rings (SSSR count). The van der Waals surface area contributed by atoms with Crippen molar-refractivity contribution in [1.29, 1.82) is 5.41 Å². The zero-order valence-electron chi connectivity index (χ0n) is 10.3. The lowest BCUT2D eigenvalue weighted by molar-refractivity contribution is 0.434. The van der Waals surface area contributed by atoms with E-state index in [-0.39, 0.29) is 5.96 Å². The second kappa shape index (κ2) is 5.97. The molecule has 1 saturated heterocycles. The van der Waals surface area contributed by atoms with Crippen molar-refractivity contribution in [2.45, 2.75) is 6.54 Å². The standard InChI is InChI=1S/C12H19N5S/c13-12(14)15-9-10-2-1-3-11(8-10)16-4-6-17(18)7-5-16/h1-3,8,18H,4-7,9H2,(H4,13,14,15). The van der Waals surface area contributed by atoms with Gasteiger partial charge in [0.25, 0.3) is 0 Å². The Labute approximate surface area is 113 Å². The third kappa shape index (κ3) is 3.54. The lowest BCUT2D eigenvalue weighted by Gasteiger charge is -2.33. The van der Waals surface area contributed by atoms with Crippen LogP contribution in [0.25, 0.3) is 0 Å². The summed E-state index contributed by atoms with van der Waals surface area (Å²) in [4.78, 5) is 2.35. The number of hydrogen-bond donors (Lipinski definition) is 4. The molecule has 0 saturated carbocycles. The molecular weight excluding hydrogens is 246 g/mol. The molecule has 1 aromatic carbocycles. The van der Waals surface area contributed by atoms with Gasteiger partial charge in [-0.2, -0.15) is 0 Å². The Morgan fingerprint density at radius 2 is 2.06 bits per heavy atom. The monoisotopic (exact) mass is 265 g/mol. The van der Waals surface area contributed by atoms with Crippen LogP contribution in [0.3, 0.4) is 0 Å². The zero-order chi connectivity index (χ0) is 13.0. The number of benzene rings is 1. The van der Waals surface area contributed by atoms with Crippen LogP contribution in [0.4, 0.5) is 5.69 Å². The Balaban J connectivity index is 2.00. The van der Waals surface area contributed by atoms with Crippen molar-refractivity contribution in [3.63, 3.8) is 0 Å². The molecule has 1 aliphatic heterocycles. The van der Waals surface area contributed by atoms with Crippen molar-refractivity contribution >= 4 is 24.5 Å². The Bertz CT molecular complexity index is 415. The zero-order valence-corrected chi connectivity index (χ0v) is 11.2. The molecule has 0 unspecified atom stereocenters. The van der Waals surface area contributed by atoms with Crippen LogP contribution in [0, 0.1) is 5.41 Å². The molecule has 1 aromatic rings. The average Bonchev–Trinajstić information content (AvgIpc) is 2.37. The van der Waals surface area contributed by atoms with Crippen molar-refractivity contribution in [1.82, 2.24) is 9.62 Å². The molecule has 5 nitrogen and oxygen atoms in total. The van der Waals surface area contributed by atoms with Gasteiger partial charge in [0.2, 0.25) is 0 Å². The maximum atomic E-state index is 7.16. The van der Waals surface area contributed by atoms with Gasteiger partial charge in [0.1, 0.15) is 0 Å². The van der Waals surface area contributed by atoms with Crippen LogP contribution in [0.1, 0.15) is 5.56 Å². The SMILES string of the molecule is N=C(N)NCc1cccc(N2CCN(S)CC2)c1. The Hall–Kier alpha value is -1.40. The predicted octanol–water partition coefficient (Wildman–Crippen LogP) is 0.636. The quantitative estimate of drug-likeness (QED) is 0.368. The molecule has 0 aromatic heterocycles. The van der Waals surface area contributed by atoms with Gasteiger partial charge in [-0.15, -0.1) is 0 Å². The second-order valence-corrected chi connectivity index (χ2v) is 4.94. The van der Waals surface area contributed by atoms with Crippen molar-refractivity contribution in [2.24, 2.45) is 5.73 Å². The van der Waals surface area contributed by atoms with E-state index in [1.807, 2.05) is 16.4 Å². The van der Waals surface area contributed by atoms with Crippen molar-refractivity contribution in [2.75, 3.05) is 31.1 Å². The lowest BCUT2D eigenvalue weighted by Crippen LogP contribution is -2.42. The molecule has 0 radical (unpaired) electrons. The summed E-state index contributed by atoms with van der Waals surface area (Å²) in [6.45, 7) is 4.52. The highest BCUT2D eigenvalue weighted by Gasteiger charge is 2.14. The molecule has 0 spiro atoms. The summed E-state index contributed by atoms with van der Waals surface area (Å²) in [6.07, 6.45) is 0. The van der Waals surface area contributed by atoms with E-state index in [0.717, 1.165) is 31.7 Å². The molecule has 1 aliphatic rings. The molecule has 4 N–H and O–H groups in total. The highest BCUT2D eigenvalue weighted by Crippen LogP contribution is 2.18. The Kier molecular flexibility index (Phi) is 4.33. The molecule has 18 heavy (non-hydrogen) atoms. The minimum absolute atomic E-state index is 0.00379. The van der Waals surface area contributed by atoms with Crippen molar-refractivity contribution in [3.8, 4) is 0 Å². The number of hydrogen-bond acceptors (Lipinski definition) is 4. The summed E-state index contributed by atoms with van der Waals surface area (Å²) in [7, 11) is 0. The van der Waals surface area contributed by atoms with Gasteiger partial charge in [-0.3, -0.25) is 5.41 Å². The molecule has 0 amide bonds. The maximum absolute atomic E-state index is 7.16. The van der Waals surface area contributed by atoms with Gasteiger partial charge >= 0.3 is 0 Å². The van der Waals surface area contributed by atoms with E-state index < -0.39 is 0 Å². The minimum atomic E-state index is 0.00379. The maximum Gasteiger partial charge on any atom is 0.185 e. The largest absolute Gasteiger partial charge is 0.370 e. The van der Waals surface area contributed by atoms with E-state index in [9.17, 15) is 0 Å². The van der Waals surface area contributed by atoms with E-state index in [2.05, 4.69) is 35.2 Å². The fraction of sp³-hybridized carbons (Fsp3) is 0.417. The molecule has 1 heterocycles. The highest BCUT2D eigenvalue weighted by molar-refractivity contribution is 7.77. The van der Waals surface area contributed by atoms with Gasteiger partial charge in [-0.25, -0.2) is 4.31 Å². The fourth-order valence-electron chi connectivity index (χ4n) is 2.01. The number of nitrogens with zero attached hydrogens (tertiary/aromatic N) is 2. The Morgan fingerprint density at radius 3 is 2.72 bits per heavy atom. The van der Waals surface area contributed by atoms with E-state index >= 15 is 0 Å². The van der Waals surface area contributed by atoms with Crippen LogP contribution < -0.4 is 16.0 Å². The molecule has 0 atom stereocenters. The summed E-state index contributed by atoms with van der Waals surface area (Å²) in [5, 5.41) is 9.98. The van der Waals surface area contributed by atoms with Crippen LogP contribution in [-0.4, -0.2) is 36.4 Å². The number of thiol groups is 1. The highest BCUT2D eigenvalue weighted by atomic mass is 32.1. The van der Waals surface area contributed by atoms with Crippen molar-refractivity contribution < 1.29 is 0 Å². The van der Waals surface area contributed by atoms with Gasteiger partial charge < -0.3 is 16.0 Å². The lowest BCUT2D eigenvalue weighted by atomic mass is 10.1. The average molecular weight is 265 g/mol. The summed E-state index contributed by atoms with van der Waals surface area (Å²) in [5.41, 5.74) is 7.64. The van der Waals surface area contributed by atoms with Crippen molar-refractivity contribution in [3.05, 3.63) is 29.8 Å². The molecule has 1 fully saturated rings. The van der Waals surface area contributed by atoms with Crippen LogP contribution in [-0.2, 0) is 6.54 Å². The number of anilines is 1. The van der Waals surface area contributed by atoms with Gasteiger partial charge in [-0.05, 0) is 17.7 Å². The number of guanidine groups is 1. The first kappa shape index (κ1) is 13.0. The predicted molar refractivity (Wildman–Crippen MR) is 78.0 cm³/mol. The van der Waals surface area contributed by atoms with Gasteiger partial charge in [0.15, 0.2) is 5.96 Å². The van der Waals surface area contributed by atoms with E-state index in [1.165, 1.54) is 5.69 Å². The van der Waals surface area contributed by atoms with Crippen LogP contribution in [0.2, 0.25) is 0 Å². The summed E-state index contributed by atoms with van der Waals surface area (Å²) < 4.78 is 2.04. The minimum Gasteiger partial charge on any atom is -0.370 e. The van der Waals surface area contributed by atoms with E-state index in [1.54, 1.807) is 0 Å². The van der Waals surface area contributed by atoms with Crippen LogP contribution >= 0.6 is 12.8 Å². The topological polar surface area (TPSA) is 68.4 Å². The molecule has 0 aliphatic carbocycles. The smallest absolute Gasteiger partial charge is 0.185 e. The van der Waals surface area contributed by atoms with E-state index in [0.29, 0.717) is 6.54 Å². The van der Waals surface area contributed by atoms with Gasteiger partial charge in [-0.1, -0.05) is 24.9 Å². The first-order valence-corrected chi connectivity index (χ1v) is 6.41.